The second-order valence-electron chi connectivity index (χ2n) is 4.17. The minimum absolute atomic E-state index is 0.0391. The van der Waals surface area contributed by atoms with Crippen LogP contribution in [0.1, 0.15) is 26.2 Å². The van der Waals surface area contributed by atoms with Gasteiger partial charge in [0.1, 0.15) is 0 Å². The number of hydrogen-bond acceptors (Lipinski definition) is 3. The first-order valence-corrected chi connectivity index (χ1v) is 7.10. The first-order chi connectivity index (χ1) is 7.60. The van der Waals surface area contributed by atoms with Gasteiger partial charge in [-0.05, 0) is 38.3 Å². The van der Waals surface area contributed by atoms with E-state index in [-0.39, 0.29) is 6.10 Å². The molecular formula is C12H16O3S. The van der Waals surface area contributed by atoms with E-state index in [9.17, 15) is 8.42 Å². The van der Waals surface area contributed by atoms with Gasteiger partial charge in [-0.1, -0.05) is 18.2 Å². The second-order valence-corrected chi connectivity index (χ2v) is 6.25. The van der Waals surface area contributed by atoms with Crippen LogP contribution < -0.4 is 0 Å². The Balaban J connectivity index is 2.26. The van der Waals surface area contributed by atoms with Crippen molar-refractivity contribution in [1.82, 2.24) is 0 Å². The molecule has 0 amide bonds. The molecule has 0 saturated carbocycles. The molecule has 16 heavy (non-hydrogen) atoms. The molecule has 1 heterocycles. The molecule has 1 aliphatic rings. The summed E-state index contributed by atoms with van der Waals surface area (Å²) in [5.41, 5.74) is -0.668. The summed E-state index contributed by atoms with van der Waals surface area (Å²) in [4.78, 5) is 0.356. The van der Waals surface area contributed by atoms with Crippen LogP contribution in [0.15, 0.2) is 35.2 Å². The van der Waals surface area contributed by atoms with E-state index in [0.29, 0.717) is 11.3 Å². The number of rotatable bonds is 2. The Kier molecular flexibility index (Phi) is 3.30. The summed E-state index contributed by atoms with van der Waals surface area (Å²) in [7, 11) is -3.32. The van der Waals surface area contributed by atoms with Crippen LogP contribution >= 0.6 is 0 Å². The molecular weight excluding hydrogens is 224 g/mol. The molecule has 2 unspecified atom stereocenters. The topological polar surface area (TPSA) is 43.4 Å². The Bertz CT molecular complexity index is 439. The fraction of sp³-hybridized carbons (Fsp3) is 0.500. The molecule has 0 radical (unpaired) electrons. The van der Waals surface area contributed by atoms with Crippen LogP contribution in [0.4, 0.5) is 0 Å². The van der Waals surface area contributed by atoms with E-state index in [1.165, 1.54) is 0 Å². The van der Waals surface area contributed by atoms with Crippen LogP contribution in [-0.2, 0) is 14.6 Å². The molecule has 2 atom stereocenters. The van der Waals surface area contributed by atoms with Crippen LogP contribution in [0.5, 0.6) is 0 Å². The highest BCUT2D eigenvalue weighted by atomic mass is 32.2. The van der Waals surface area contributed by atoms with Gasteiger partial charge in [-0.15, -0.1) is 0 Å². The summed E-state index contributed by atoms with van der Waals surface area (Å²) < 4.78 is 29.9. The highest BCUT2D eigenvalue weighted by molar-refractivity contribution is 7.91. The highest BCUT2D eigenvalue weighted by Gasteiger charge is 2.32. The third-order valence-electron chi connectivity index (χ3n) is 2.85. The van der Waals surface area contributed by atoms with Crippen molar-refractivity contribution in [1.29, 1.82) is 0 Å². The lowest BCUT2D eigenvalue weighted by Gasteiger charge is -2.27. The normalized spacial score (nSPS) is 26.6. The Labute approximate surface area is 96.4 Å². The maximum Gasteiger partial charge on any atom is 0.205 e. The Hall–Kier alpha value is -0.870. The van der Waals surface area contributed by atoms with Crippen molar-refractivity contribution >= 4 is 9.84 Å². The van der Waals surface area contributed by atoms with Gasteiger partial charge in [-0.3, -0.25) is 0 Å². The van der Waals surface area contributed by atoms with Crippen LogP contribution in [0.25, 0.3) is 0 Å². The van der Waals surface area contributed by atoms with Crippen LogP contribution in [-0.4, -0.2) is 20.0 Å². The minimum atomic E-state index is -3.32. The molecule has 4 heteroatoms. The standard InChI is InChI=1S/C12H16O3S/c1-10-6-5-9-12(15-10)16(13,14)11-7-3-2-4-8-11/h2-4,7-8,10,12H,5-6,9H2,1H3. The lowest BCUT2D eigenvalue weighted by molar-refractivity contribution is 0.00285. The van der Waals surface area contributed by atoms with Gasteiger partial charge < -0.3 is 4.74 Å². The molecule has 0 aromatic heterocycles. The van der Waals surface area contributed by atoms with Crippen molar-refractivity contribution in [3.05, 3.63) is 30.3 Å². The van der Waals surface area contributed by atoms with E-state index in [4.69, 9.17) is 4.74 Å². The van der Waals surface area contributed by atoms with E-state index in [2.05, 4.69) is 0 Å². The molecule has 2 rings (SSSR count). The number of hydrogen-bond donors (Lipinski definition) is 0. The third kappa shape index (κ3) is 2.28. The Morgan fingerprint density at radius 1 is 1.19 bits per heavy atom. The summed E-state index contributed by atoms with van der Waals surface area (Å²) in [6.45, 7) is 1.92. The zero-order valence-electron chi connectivity index (χ0n) is 9.30. The van der Waals surface area contributed by atoms with Gasteiger partial charge in [-0.25, -0.2) is 8.42 Å². The fourth-order valence-corrected chi connectivity index (χ4v) is 3.61. The first-order valence-electron chi connectivity index (χ1n) is 5.55. The number of benzene rings is 1. The van der Waals surface area contributed by atoms with Gasteiger partial charge in [0.15, 0.2) is 5.44 Å². The average molecular weight is 240 g/mol. The molecule has 1 aromatic rings. The SMILES string of the molecule is CC1CCCC(S(=O)(=O)c2ccccc2)O1. The molecule has 0 aliphatic carbocycles. The maximum atomic E-state index is 12.2. The average Bonchev–Trinajstić information content (AvgIpc) is 2.30. The molecule has 1 aliphatic heterocycles. The molecule has 1 fully saturated rings. The largest absolute Gasteiger partial charge is 0.359 e. The molecule has 0 spiro atoms. The van der Waals surface area contributed by atoms with E-state index in [1.807, 2.05) is 13.0 Å². The van der Waals surface area contributed by atoms with Crippen molar-refractivity contribution in [2.45, 2.75) is 42.6 Å². The molecule has 0 bridgehead atoms. The van der Waals surface area contributed by atoms with Crippen molar-refractivity contribution < 1.29 is 13.2 Å². The molecule has 1 aromatic carbocycles. The van der Waals surface area contributed by atoms with E-state index in [0.717, 1.165) is 12.8 Å². The lowest BCUT2D eigenvalue weighted by atomic mass is 10.1. The van der Waals surface area contributed by atoms with Crippen molar-refractivity contribution in [3.8, 4) is 0 Å². The van der Waals surface area contributed by atoms with Crippen LogP contribution in [0.3, 0.4) is 0 Å². The summed E-state index contributed by atoms with van der Waals surface area (Å²) in [6, 6.07) is 8.53. The smallest absolute Gasteiger partial charge is 0.205 e. The summed E-state index contributed by atoms with van der Waals surface area (Å²) in [5, 5.41) is 0. The van der Waals surface area contributed by atoms with E-state index < -0.39 is 15.3 Å². The zero-order valence-corrected chi connectivity index (χ0v) is 10.1. The van der Waals surface area contributed by atoms with Crippen LogP contribution in [0.2, 0.25) is 0 Å². The second kappa shape index (κ2) is 4.55. The minimum Gasteiger partial charge on any atom is -0.359 e. The van der Waals surface area contributed by atoms with Gasteiger partial charge in [0, 0.05) is 0 Å². The summed E-state index contributed by atoms with van der Waals surface area (Å²) >= 11 is 0. The van der Waals surface area contributed by atoms with Gasteiger partial charge in [0.25, 0.3) is 0 Å². The van der Waals surface area contributed by atoms with Crippen molar-refractivity contribution in [2.24, 2.45) is 0 Å². The van der Waals surface area contributed by atoms with Gasteiger partial charge >= 0.3 is 0 Å². The van der Waals surface area contributed by atoms with Crippen molar-refractivity contribution in [3.63, 3.8) is 0 Å². The molecule has 3 nitrogen and oxygen atoms in total. The Morgan fingerprint density at radius 3 is 2.50 bits per heavy atom. The zero-order chi connectivity index (χ0) is 11.6. The first kappa shape index (κ1) is 11.6. The van der Waals surface area contributed by atoms with Crippen LogP contribution in [0, 0.1) is 0 Å². The highest BCUT2D eigenvalue weighted by Crippen LogP contribution is 2.27. The fourth-order valence-electron chi connectivity index (χ4n) is 1.96. The predicted octanol–water partition coefficient (Wildman–Crippen LogP) is 2.38. The predicted molar refractivity (Wildman–Crippen MR) is 61.8 cm³/mol. The van der Waals surface area contributed by atoms with Gasteiger partial charge in [0.2, 0.25) is 9.84 Å². The monoisotopic (exact) mass is 240 g/mol. The van der Waals surface area contributed by atoms with Gasteiger partial charge in [-0.2, -0.15) is 0 Å². The quantitative estimate of drug-likeness (QED) is 0.797. The molecule has 0 N–H and O–H groups in total. The van der Waals surface area contributed by atoms with E-state index >= 15 is 0 Å². The van der Waals surface area contributed by atoms with E-state index in [1.54, 1.807) is 24.3 Å². The summed E-state index contributed by atoms with van der Waals surface area (Å²) in [6.07, 6.45) is 2.50. The third-order valence-corrected chi connectivity index (χ3v) is 4.82. The number of sulfone groups is 1. The molecule has 1 saturated heterocycles. The Morgan fingerprint density at radius 2 is 1.88 bits per heavy atom. The van der Waals surface area contributed by atoms with Crippen molar-refractivity contribution in [2.75, 3.05) is 0 Å². The number of ether oxygens (including phenoxy) is 1. The molecule has 88 valence electrons. The summed E-state index contributed by atoms with van der Waals surface area (Å²) in [5.74, 6) is 0. The maximum absolute atomic E-state index is 12.2. The van der Waals surface area contributed by atoms with Gasteiger partial charge in [0.05, 0.1) is 11.0 Å². The lowest BCUT2D eigenvalue weighted by Crippen LogP contribution is -2.32.